The quantitative estimate of drug-likeness (QED) is 0.214. The van der Waals surface area contributed by atoms with Crippen LogP contribution in [0, 0.1) is 20.8 Å². The van der Waals surface area contributed by atoms with Gasteiger partial charge in [0.1, 0.15) is 5.58 Å². The van der Waals surface area contributed by atoms with E-state index in [0.717, 1.165) is 38.9 Å². The zero-order valence-corrected chi connectivity index (χ0v) is 23.8. The lowest BCUT2D eigenvalue weighted by Gasteiger charge is -2.10. The maximum atomic E-state index is 6.79. The molecule has 0 bridgehead atoms. The van der Waals surface area contributed by atoms with E-state index < -0.39 is 0 Å². The molecule has 0 saturated carbocycles. The van der Waals surface area contributed by atoms with Crippen LogP contribution in [0.4, 0.5) is 0 Å². The summed E-state index contributed by atoms with van der Waals surface area (Å²) in [7, 11) is 0. The molecule has 200 valence electrons. The number of aromatic nitrogens is 2. The summed E-state index contributed by atoms with van der Waals surface area (Å²) < 4.78 is 11.6. The molecule has 0 fully saturated rings. The van der Waals surface area contributed by atoms with Gasteiger partial charge in [0.2, 0.25) is 0 Å². The molecule has 3 heteroatoms. The van der Waals surface area contributed by atoms with Gasteiger partial charge in [-0.3, -0.25) is 0 Å². The van der Waals surface area contributed by atoms with Crippen molar-refractivity contribution in [1.82, 2.24) is 9.13 Å². The van der Waals surface area contributed by atoms with E-state index >= 15 is 0 Å². The number of furan rings is 1. The van der Waals surface area contributed by atoms with Crippen molar-refractivity contribution in [3.63, 3.8) is 0 Å². The van der Waals surface area contributed by atoms with Gasteiger partial charge in [-0.2, -0.15) is 0 Å². The lowest BCUT2D eigenvalue weighted by Crippen LogP contribution is -1.95. The van der Waals surface area contributed by atoms with E-state index in [1.165, 1.54) is 54.7 Å². The fourth-order valence-electron chi connectivity index (χ4n) is 7.05. The first kappa shape index (κ1) is 23.4. The Kier molecular flexibility index (Phi) is 4.67. The number of nitrogens with zero attached hydrogens (tertiary/aromatic N) is 2. The molecule has 0 saturated heterocycles. The van der Waals surface area contributed by atoms with Crippen LogP contribution in [-0.4, -0.2) is 9.13 Å². The fraction of sp³-hybridized carbons (Fsp3) is 0.0769. The van der Waals surface area contributed by atoms with E-state index in [-0.39, 0.29) is 0 Å². The van der Waals surface area contributed by atoms with Gasteiger partial charge in [-0.15, -0.1) is 0 Å². The van der Waals surface area contributed by atoms with E-state index in [1.807, 2.05) is 0 Å². The maximum absolute atomic E-state index is 6.79. The molecule has 6 aromatic carbocycles. The Bertz CT molecular complexity index is 2550. The topological polar surface area (TPSA) is 23.0 Å². The van der Waals surface area contributed by atoms with Crippen molar-refractivity contribution >= 4 is 65.6 Å². The molecule has 0 spiro atoms. The van der Waals surface area contributed by atoms with Gasteiger partial charge in [-0.25, -0.2) is 0 Å². The minimum atomic E-state index is 0.911. The van der Waals surface area contributed by atoms with Crippen LogP contribution in [0.25, 0.3) is 76.9 Å². The second kappa shape index (κ2) is 8.37. The number of benzene rings is 6. The van der Waals surface area contributed by atoms with Gasteiger partial charge in [0.05, 0.1) is 27.8 Å². The first-order chi connectivity index (χ1) is 20.6. The monoisotopic (exact) mass is 540 g/mol. The molecule has 42 heavy (non-hydrogen) atoms. The summed E-state index contributed by atoms with van der Waals surface area (Å²) >= 11 is 0. The number of aryl methyl sites for hydroxylation is 3. The summed E-state index contributed by atoms with van der Waals surface area (Å²) in [4.78, 5) is 0. The van der Waals surface area contributed by atoms with Crippen LogP contribution in [0.3, 0.4) is 0 Å². The molecule has 3 heterocycles. The summed E-state index contributed by atoms with van der Waals surface area (Å²) in [6.07, 6.45) is 0. The molecule has 9 aromatic rings. The highest BCUT2D eigenvalue weighted by Crippen LogP contribution is 2.41. The SMILES string of the molecule is Cc1ccc2c(c1)c1ccccc1n2-c1cc(C)c2oc3c(-n4c5ccccc5c5cc(C)ccc54)cccc3c2c1. The van der Waals surface area contributed by atoms with Crippen molar-refractivity contribution in [1.29, 1.82) is 0 Å². The molecule has 0 amide bonds. The summed E-state index contributed by atoms with van der Waals surface area (Å²) in [6, 6.07) is 41.9. The molecule has 0 N–H and O–H groups in total. The van der Waals surface area contributed by atoms with E-state index in [2.05, 4.69) is 145 Å². The number of rotatable bonds is 2. The molecular formula is C39H28N2O. The highest BCUT2D eigenvalue weighted by atomic mass is 16.3. The molecule has 0 radical (unpaired) electrons. The third-order valence-electron chi connectivity index (χ3n) is 8.90. The van der Waals surface area contributed by atoms with Gasteiger partial charge in [-0.1, -0.05) is 71.8 Å². The highest BCUT2D eigenvalue weighted by Gasteiger charge is 2.20. The Hall–Kier alpha value is -5.28. The lowest BCUT2D eigenvalue weighted by atomic mass is 10.1. The molecule has 3 aromatic heterocycles. The minimum Gasteiger partial charge on any atom is -0.454 e. The van der Waals surface area contributed by atoms with Crippen LogP contribution in [0.5, 0.6) is 0 Å². The Morgan fingerprint density at radius 2 is 1.00 bits per heavy atom. The number of para-hydroxylation sites is 3. The molecule has 0 aliphatic carbocycles. The smallest absolute Gasteiger partial charge is 0.159 e. The summed E-state index contributed by atoms with van der Waals surface area (Å²) in [5.74, 6) is 0. The largest absolute Gasteiger partial charge is 0.454 e. The Morgan fingerprint density at radius 3 is 1.69 bits per heavy atom. The Labute approximate surface area is 242 Å². The van der Waals surface area contributed by atoms with Crippen molar-refractivity contribution in [2.45, 2.75) is 20.8 Å². The molecule has 0 atom stereocenters. The Morgan fingerprint density at radius 1 is 0.429 bits per heavy atom. The third kappa shape index (κ3) is 3.11. The van der Waals surface area contributed by atoms with Crippen LogP contribution in [-0.2, 0) is 0 Å². The molecule has 9 rings (SSSR count). The summed E-state index contributed by atoms with van der Waals surface area (Å²) in [6.45, 7) is 6.48. The predicted molar refractivity (Wildman–Crippen MR) is 177 cm³/mol. The van der Waals surface area contributed by atoms with Crippen molar-refractivity contribution in [3.05, 3.63) is 132 Å². The van der Waals surface area contributed by atoms with E-state index in [4.69, 9.17) is 4.42 Å². The highest BCUT2D eigenvalue weighted by molar-refractivity contribution is 6.14. The number of hydrogen-bond acceptors (Lipinski definition) is 1. The average molecular weight is 541 g/mol. The third-order valence-corrected chi connectivity index (χ3v) is 8.90. The van der Waals surface area contributed by atoms with Crippen LogP contribution in [0.2, 0.25) is 0 Å². The normalized spacial score (nSPS) is 12.2. The summed E-state index contributed by atoms with van der Waals surface area (Å²) in [5.41, 5.74) is 12.5. The predicted octanol–water partition coefficient (Wildman–Crippen LogP) is 10.7. The van der Waals surface area contributed by atoms with Crippen molar-refractivity contribution in [3.8, 4) is 11.4 Å². The number of hydrogen-bond donors (Lipinski definition) is 0. The van der Waals surface area contributed by atoms with E-state index in [1.54, 1.807) is 0 Å². The molecular weight excluding hydrogens is 512 g/mol. The molecule has 3 nitrogen and oxygen atoms in total. The van der Waals surface area contributed by atoms with Gasteiger partial charge in [0.15, 0.2) is 5.58 Å². The average Bonchev–Trinajstić information content (AvgIpc) is 3.65. The lowest BCUT2D eigenvalue weighted by molar-refractivity contribution is 0.663. The molecule has 0 aliphatic heterocycles. The van der Waals surface area contributed by atoms with Crippen molar-refractivity contribution < 1.29 is 4.42 Å². The van der Waals surface area contributed by atoms with Crippen LogP contribution in [0.15, 0.2) is 120 Å². The van der Waals surface area contributed by atoms with E-state index in [0.29, 0.717) is 0 Å². The van der Waals surface area contributed by atoms with Gasteiger partial charge in [0, 0.05) is 38.0 Å². The standard InChI is InChI=1S/C39H28N2O/c1-23-15-17-35-30(19-23)27-9-4-6-12-33(27)40(35)26-21-25(3)38-32(22-26)29-11-8-14-37(39(29)42-38)41-34-13-7-5-10-28(34)31-20-24(2)16-18-36(31)41/h4-22H,1-3H3. The first-order valence-electron chi connectivity index (χ1n) is 14.5. The van der Waals surface area contributed by atoms with Gasteiger partial charge in [0.25, 0.3) is 0 Å². The van der Waals surface area contributed by atoms with Gasteiger partial charge in [-0.05, 0) is 80.9 Å². The molecule has 0 aliphatic rings. The zero-order chi connectivity index (χ0) is 28.1. The van der Waals surface area contributed by atoms with Crippen molar-refractivity contribution in [2.24, 2.45) is 0 Å². The number of fused-ring (bicyclic) bond motifs is 9. The fourth-order valence-corrected chi connectivity index (χ4v) is 7.05. The second-order valence-electron chi connectivity index (χ2n) is 11.6. The maximum Gasteiger partial charge on any atom is 0.159 e. The van der Waals surface area contributed by atoms with Gasteiger partial charge < -0.3 is 13.6 Å². The van der Waals surface area contributed by atoms with Gasteiger partial charge >= 0.3 is 0 Å². The second-order valence-corrected chi connectivity index (χ2v) is 11.6. The Balaban J connectivity index is 1.36. The van der Waals surface area contributed by atoms with E-state index in [9.17, 15) is 0 Å². The summed E-state index contributed by atoms with van der Waals surface area (Å²) in [5, 5.41) is 7.33. The zero-order valence-electron chi connectivity index (χ0n) is 23.8. The van der Waals surface area contributed by atoms with Crippen LogP contribution < -0.4 is 0 Å². The molecule has 0 unspecified atom stereocenters. The van der Waals surface area contributed by atoms with Crippen LogP contribution >= 0.6 is 0 Å². The van der Waals surface area contributed by atoms with Crippen LogP contribution in [0.1, 0.15) is 16.7 Å². The minimum absolute atomic E-state index is 0.911. The van der Waals surface area contributed by atoms with Crippen molar-refractivity contribution in [2.75, 3.05) is 0 Å². The first-order valence-corrected chi connectivity index (χ1v) is 14.5.